The molecule has 2 rings (SSSR count). The lowest BCUT2D eigenvalue weighted by atomic mass is 10.2. The van der Waals surface area contributed by atoms with Gasteiger partial charge in [0, 0.05) is 5.56 Å². The molecule has 2 heterocycles. The summed E-state index contributed by atoms with van der Waals surface area (Å²) < 4.78 is 5.47. The smallest absolute Gasteiger partial charge is 0.120 e. The standard InChI is InChI=1S/C11H15N3O/c1-7-4-9(8(2)15-7)10-5-13-11(14-10)6-12-3/h4-5,12H,6H2,1-3H3,(H,13,14). The molecule has 4 heteroatoms. The predicted octanol–water partition coefficient (Wildman–Crippen LogP) is 2.01. The van der Waals surface area contributed by atoms with Crippen LogP contribution in [-0.4, -0.2) is 17.0 Å². The van der Waals surface area contributed by atoms with Crippen LogP contribution in [0.25, 0.3) is 11.3 Å². The van der Waals surface area contributed by atoms with Crippen molar-refractivity contribution in [3.63, 3.8) is 0 Å². The zero-order chi connectivity index (χ0) is 10.8. The minimum atomic E-state index is 0.746. The SMILES string of the molecule is CNCc1ncc(-c2cc(C)oc2C)[nH]1. The second kappa shape index (κ2) is 3.90. The summed E-state index contributed by atoms with van der Waals surface area (Å²) in [6.45, 7) is 4.65. The Balaban J connectivity index is 2.32. The molecule has 0 unspecified atom stereocenters. The summed E-state index contributed by atoms with van der Waals surface area (Å²) >= 11 is 0. The van der Waals surface area contributed by atoms with Crippen LogP contribution in [-0.2, 0) is 6.54 Å². The van der Waals surface area contributed by atoms with Gasteiger partial charge in [-0.3, -0.25) is 0 Å². The molecule has 0 amide bonds. The highest BCUT2D eigenvalue weighted by atomic mass is 16.3. The van der Waals surface area contributed by atoms with Crippen molar-refractivity contribution in [1.29, 1.82) is 0 Å². The number of nitrogens with zero attached hydrogens (tertiary/aromatic N) is 1. The lowest BCUT2D eigenvalue weighted by Gasteiger charge is -1.94. The van der Waals surface area contributed by atoms with Gasteiger partial charge in [0.05, 0.1) is 18.4 Å². The van der Waals surface area contributed by atoms with E-state index in [1.807, 2.05) is 33.2 Å². The molecule has 0 aliphatic heterocycles. The first-order chi connectivity index (χ1) is 7.20. The second-order valence-electron chi connectivity index (χ2n) is 3.60. The highest BCUT2D eigenvalue weighted by Crippen LogP contribution is 2.24. The van der Waals surface area contributed by atoms with Gasteiger partial charge in [0.1, 0.15) is 17.3 Å². The molecule has 0 saturated carbocycles. The van der Waals surface area contributed by atoms with Crippen molar-refractivity contribution in [2.24, 2.45) is 0 Å². The second-order valence-corrected chi connectivity index (χ2v) is 3.60. The van der Waals surface area contributed by atoms with Gasteiger partial charge in [-0.1, -0.05) is 0 Å². The van der Waals surface area contributed by atoms with Crippen LogP contribution < -0.4 is 5.32 Å². The van der Waals surface area contributed by atoms with Crippen molar-refractivity contribution in [3.05, 3.63) is 29.6 Å². The molecule has 0 aliphatic rings. The first-order valence-corrected chi connectivity index (χ1v) is 4.96. The molecule has 0 aromatic carbocycles. The fraction of sp³-hybridized carbons (Fsp3) is 0.364. The Morgan fingerprint density at radius 3 is 2.87 bits per heavy atom. The summed E-state index contributed by atoms with van der Waals surface area (Å²) in [4.78, 5) is 7.52. The van der Waals surface area contributed by atoms with Gasteiger partial charge in [0.2, 0.25) is 0 Å². The number of furan rings is 1. The molecule has 0 radical (unpaired) electrons. The van der Waals surface area contributed by atoms with E-state index in [0.29, 0.717) is 0 Å². The number of nitrogens with one attached hydrogen (secondary N) is 2. The number of aromatic nitrogens is 2. The molecule has 80 valence electrons. The van der Waals surface area contributed by atoms with E-state index in [4.69, 9.17) is 4.42 Å². The van der Waals surface area contributed by atoms with Gasteiger partial charge >= 0.3 is 0 Å². The average Bonchev–Trinajstić information content (AvgIpc) is 2.73. The maximum absolute atomic E-state index is 5.47. The van der Waals surface area contributed by atoms with Gasteiger partial charge in [-0.25, -0.2) is 4.98 Å². The Kier molecular flexibility index (Phi) is 2.60. The van der Waals surface area contributed by atoms with Crippen LogP contribution >= 0.6 is 0 Å². The van der Waals surface area contributed by atoms with Crippen LogP contribution in [0.4, 0.5) is 0 Å². The molecule has 15 heavy (non-hydrogen) atoms. The van der Waals surface area contributed by atoms with E-state index in [0.717, 1.165) is 35.1 Å². The van der Waals surface area contributed by atoms with Gasteiger partial charge in [0.25, 0.3) is 0 Å². The van der Waals surface area contributed by atoms with Crippen LogP contribution in [0.3, 0.4) is 0 Å². The summed E-state index contributed by atoms with van der Waals surface area (Å²) in [5, 5.41) is 3.05. The van der Waals surface area contributed by atoms with E-state index in [1.165, 1.54) is 0 Å². The largest absolute Gasteiger partial charge is 0.466 e. The Labute approximate surface area is 88.7 Å². The molecule has 0 bridgehead atoms. The number of aromatic amines is 1. The van der Waals surface area contributed by atoms with Crippen molar-refractivity contribution in [1.82, 2.24) is 15.3 Å². The van der Waals surface area contributed by atoms with Gasteiger partial charge in [-0.05, 0) is 27.0 Å². The molecule has 2 aromatic rings. The van der Waals surface area contributed by atoms with Crippen LogP contribution in [0.2, 0.25) is 0 Å². The van der Waals surface area contributed by atoms with E-state index >= 15 is 0 Å². The third-order valence-corrected chi connectivity index (χ3v) is 2.30. The van der Waals surface area contributed by atoms with E-state index in [2.05, 4.69) is 15.3 Å². The number of imidazole rings is 1. The normalized spacial score (nSPS) is 10.9. The zero-order valence-electron chi connectivity index (χ0n) is 9.22. The summed E-state index contributed by atoms with van der Waals surface area (Å²) in [5.74, 6) is 2.78. The highest BCUT2D eigenvalue weighted by Gasteiger charge is 2.09. The van der Waals surface area contributed by atoms with Crippen LogP contribution in [0.1, 0.15) is 17.3 Å². The zero-order valence-corrected chi connectivity index (χ0v) is 9.22. The van der Waals surface area contributed by atoms with Crippen molar-refractivity contribution in [3.8, 4) is 11.3 Å². The number of rotatable bonds is 3. The Morgan fingerprint density at radius 2 is 2.27 bits per heavy atom. The van der Waals surface area contributed by atoms with Gasteiger partial charge in [-0.15, -0.1) is 0 Å². The predicted molar refractivity (Wildman–Crippen MR) is 58.5 cm³/mol. The van der Waals surface area contributed by atoms with Crippen LogP contribution in [0.5, 0.6) is 0 Å². The molecule has 2 N–H and O–H groups in total. The van der Waals surface area contributed by atoms with Crippen LogP contribution in [0.15, 0.2) is 16.7 Å². The van der Waals surface area contributed by atoms with Gasteiger partial charge in [0.15, 0.2) is 0 Å². The number of H-pyrrole nitrogens is 1. The average molecular weight is 205 g/mol. The summed E-state index contributed by atoms with van der Waals surface area (Å²) in [7, 11) is 1.90. The Bertz CT molecular complexity index is 456. The molecular formula is C11H15N3O. The molecular weight excluding hydrogens is 190 g/mol. The van der Waals surface area contributed by atoms with Gasteiger partial charge < -0.3 is 14.7 Å². The topological polar surface area (TPSA) is 53.9 Å². The number of hydrogen-bond donors (Lipinski definition) is 2. The van der Waals surface area contributed by atoms with Crippen molar-refractivity contribution >= 4 is 0 Å². The monoisotopic (exact) mass is 205 g/mol. The quantitative estimate of drug-likeness (QED) is 0.805. The molecule has 0 aliphatic carbocycles. The minimum absolute atomic E-state index is 0.746. The van der Waals surface area contributed by atoms with Gasteiger partial charge in [-0.2, -0.15) is 0 Å². The molecule has 0 atom stereocenters. The van der Waals surface area contributed by atoms with E-state index in [1.54, 1.807) is 0 Å². The number of aryl methyl sites for hydroxylation is 2. The fourth-order valence-corrected chi connectivity index (χ4v) is 1.65. The van der Waals surface area contributed by atoms with E-state index < -0.39 is 0 Å². The molecule has 0 fully saturated rings. The first-order valence-electron chi connectivity index (χ1n) is 4.96. The molecule has 2 aromatic heterocycles. The van der Waals surface area contributed by atoms with Crippen molar-refractivity contribution in [2.75, 3.05) is 7.05 Å². The summed E-state index contributed by atoms with van der Waals surface area (Å²) in [6, 6.07) is 2.02. The fourth-order valence-electron chi connectivity index (χ4n) is 1.65. The van der Waals surface area contributed by atoms with Crippen LogP contribution in [0, 0.1) is 13.8 Å². The summed E-state index contributed by atoms with van der Waals surface area (Å²) in [6.07, 6.45) is 1.84. The Hall–Kier alpha value is -1.55. The maximum Gasteiger partial charge on any atom is 0.120 e. The molecule has 0 spiro atoms. The summed E-state index contributed by atoms with van der Waals surface area (Å²) in [5.41, 5.74) is 2.09. The van der Waals surface area contributed by atoms with Crippen molar-refractivity contribution in [2.45, 2.75) is 20.4 Å². The molecule has 0 saturated heterocycles. The van der Waals surface area contributed by atoms with Crippen molar-refractivity contribution < 1.29 is 4.42 Å². The third-order valence-electron chi connectivity index (χ3n) is 2.30. The lowest BCUT2D eigenvalue weighted by Crippen LogP contribution is -2.06. The maximum atomic E-state index is 5.47. The van der Waals surface area contributed by atoms with E-state index in [-0.39, 0.29) is 0 Å². The lowest BCUT2D eigenvalue weighted by molar-refractivity contribution is 0.505. The third kappa shape index (κ3) is 1.94. The Morgan fingerprint density at radius 1 is 1.47 bits per heavy atom. The minimum Gasteiger partial charge on any atom is -0.466 e. The highest BCUT2D eigenvalue weighted by molar-refractivity contribution is 5.61. The number of hydrogen-bond acceptors (Lipinski definition) is 3. The first kappa shape index (κ1) is 9.98. The van der Waals surface area contributed by atoms with E-state index in [9.17, 15) is 0 Å². The molecule has 4 nitrogen and oxygen atoms in total.